The van der Waals surface area contributed by atoms with Crippen LogP contribution in [0, 0.1) is 6.92 Å². The molecule has 0 aliphatic heterocycles. The van der Waals surface area contributed by atoms with Gasteiger partial charge in [-0.3, -0.25) is 9.59 Å². The topological polar surface area (TPSA) is 88.6 Å². The Bertz CT molecular complexity index is 1610. The molecule has 1 N–H and O–H groups in total. The second kappa shape index (κ2) is 12.4. The number of hydrogen-bond acceptors (Lipinski definition) is 6. The molecule has 0 fully saturated rings. The van der Waals surface area contributed by atoms with Crippen LogP contribution in [-0.4, -0.2) is 46.9 Å². The van der Waals surface area contributed by atoms with E-state index in [1.54, 1.807) is 56.0 Å². The van der Waals surface area contributed by atoms with E-state index < -0.39 is 11.9 Å². The van der Waals surface area contributed by atoms with Crippen molar-refractivity contribution in [2.75, 3.05) is 18.4 Å². The number of carbonyl (C=O) groups excluding carboxylic acids is 3. The van der Waals surface area contributed by atoms with Gasteiger partial charge in [-0.1, -0.05) is 47.5 Å². The number of thiophene rings is 1. The molecule has 4 aromatic rings. The highest BCUT2D eigenvalue weighted by Crippen LogP contribution is 2.36. The van der Waals surface area contributed by atoms with Crippen molar-refractivity contribution in [3.8, 4) is 11.3 Å². The van der Waals surface area contributed by atoms with Crippen molar-refractivity contribution in [1.29, 1.82) is 0 Å². The molecule has 2 aromatic heterocycles. The summed E-state index contributed by atoms with van der Waals surface area (Å²) in [6, 6.07) is 14.1. The van der Waals surface area contributed by atoms with Crippen molar-refractivity contribution in [2.24, 2.45) is 0 Å². The van der Waals surface area contributed by atoms with E-state index in [0.717, 1.165) is 11.3 Å². The Kier molecular flexibility index (Phi) is 9.13. The summed E-state index contributed by atoms with van der Waals surface area (Å²) in [6.45, 7) is 9.99. The molecule has 0 saturated carbocycles. The lowest BCUT2D eigenvalue weighted by Gasteiger charge is -2.18. The van der Waals surface area contributed by atoms with Crippen LogP contribution in [0.2, 0.25) is 10.0 Å². The van der Waals surface area contributed by atoms with Gasteiger partial charge in [-0.15, -0.1) is 11.3 Å². The van der Waals surface area contributed by atoms with Crippen LogP contribution in [0.25, 0.3) is 22.2 Å². The van der Waals surface area contributed by atoms with Gasteiger partial charge >= 0.3 is 5.97 Å². The summed E-state index contributed by atoms with van der Waals surface area (Å²) < 4.78 is 5.48. The Hall–Kier alpha value is -3.46. The maximum absolute atomic E-state index is 13.8. The van der Waals surface area contributed by atoms with Crippen LogP contribution in [0.15, 0.2) is 48.5 Å². The SMILES string of the molecule is CCN(CC)C(=O)c1sc(NC(=O)c2cc(-c3ccc(Cl)c(Cl)c3)nc3ccccc23)c(C(=O)OC(C)C)c1C. The Balaban J connectivity index is 1.82. The molecule has 2 aromatic carbocycles. The molecule has 0 radical (unpaired) electrons. The molecule has 0 aliphatic carbocycles. The second-order valence-corrected chi connectivity index (χ2v) is 11.2. The number of aromatic nitrogens is 1. The van der Waals surface area contributed by atoms with Crippen LogP contribution in [0.1, 0.15) is 63.6 Å². The summed E-state index contributed by atoms with van der Waals surface area (Å²) in [4.78, 5) is 47.0. The minimum Gasteiger partial charge on any atom is -0.459 e. The van der Waals surface area contributed by atoms with E-state index in [0.29, 0.717) is 61.3 Å². The first kappa shape index (κ1) is 29.5. The summed E-state index contributed by atoms with van der Waals surface area (Å²) >= 11 is 13.4. The Morgan fingerprint density at radius 3 is 2.38 bits per heavy atom. The number of carbonyl (C=O) groups is 3. The van der Waals surface area contributed by atoms with Gasteiger partial charge in [0.25, 0.3) is 11.8 Å². The first-order chi connectivity index (χ1) is 19.0. The number of anilines is 1. The molecule has 0 saturated heterocycles. The van der Waals surface area contributed by atoms with Crippen molar-refractivity contribution in [2.45, 2.75) is 40.7 Å². The normalized spacial score (nSPS) is 11.1. The Labute approximate surface area is 247 Å². The molecule has 0 atom stereocenters. The summed E-state index contributed by atoms with van der Waals surface area (Å²) in [5.74, 6) is -1.27. The fraction of sp³-hybridized carbons (Fsp3) is 0.267. The molecule has 10 heteroatoms. The zero-order valence-corrected chi connectivity index (χ0v) is 25.1. The number of amides is 2. The van der Waals surface area contributed by atoms with E-state index >= 15 is 0 Å². The fourth-order valence-electron chi connectivity index (χ4n) is 4.32. The average molecular weight is 599 g/mol. The van der Waals surface area contributed by atoms with Crippen LogP contribution in [0.4, 0.5) is 5.00 Å². The smallest absolute Gasteiger partial charge is 0.341 e. The summed E-state index contributed by atoms with van der Waals surface area (Å²) in [5, 5.41) is 4.55. The van der Waals surface area contributed by atoms with Crippen molar-refractivity contribution >= 4 is 68.2 Å². The number of halogens is 2. The lowest BCUT2D eigenvalue weighted by molar-refractivity contribution is 0.0379. The second-order valence-electron chi connectivity index (χ2n) is 9.35. The number of ether oxygens (including phenoxy) is 1. The monoisotopic (exact) mass is 597 g/mol. The number of para-hydroxylation sites is 1. The Morgan fingerprint density at radius 1 is 1.02 bits per heavy atom. The molecular formula is C30H29Cl2N3O4S. The highest BCUT2D eigenvalue weighted by molar-refractivity contribution is 7.18. The zero-order valence-electron chi connectivity index (χ0n) is 22.8. The predicted molar refractivity (Wildman–Crippen MR) is 162 cm³/mol. The minimum absolute atomic E-state index is 0.172. The molecule has 0 spiro atoms. The minimum atomic E-state index is -0.603. The molecular weight excluding hydrogens is 569 g/mol. The Morgan fingerprint density at radius 2 is 1.73 bits per heavy atom. The molecule has 2 amide bonds. The maximum Gasteiger partial charge on any atom is 0.341 e. The number of esters is 1. The third-order valence-corrected chi connectivity index (χ3v) is 8.28. The number of nitrogens with zero attached hydrogens (tertiary/aromatic N) is 2. The fourth-order valence-corrected chi connectivity index (χ4v) is 5.77. The third-order valence-electron chi connectivity index (χ3n) is 6.34. The average Bonchev–Trinajstić information content (AvgIpc) is 3.25. The van der Waals surface area contributed by atoms with Gasteiger partial charge in [-0.05, 0) is 64.4 Å². The first-order valence-electron chi connectivity index (χ1n) is 12.9. The van der Waals surface area contributed by atoms with E-state index in [1.807, 2.05) is 32.0 Å². The van der Waals surface area contributed by atoms with Gasteiger partial charge in [0, 0.05) is 24.0 Å². The van der Waals surface area contributed by atoms with E-state index in [1.165, 1.54) is 0 Å². The predicted octanol–water partition coefficient (Wildman–Crippen LogP) is 7.88. The lowest BCUT2D eigenvalue weighted by Crippen LogP contribution is -2.30. The molecule has 4 rings (SSSR count). The van der Waals surface area contributed by atoms with Crippen LogP contribution < -0.4 is 5.32 Å². The quantitative estimate of drug-likeness (QED) is 0.209. The van der Waals surface area contributed by atoms with E-state index in [4.69, 9.17) is 32.9 Å². The van der Waals surface area contributed by atoms with Gasteiger partial charge in [0.15, 0.2) is 0 Å². The van der Waals surface area contributed by atoms with Gasteiger partial charge in [0.2, 0.25) is 0 Å². The number of fused-ring (bicyclic) bond motifs is 1. The maximum atomic E-state index is 13.8. The van der Waals surface area contributed by atoms with E-state index in [2.05, 4.69) is 5.32 Å². The van der Waals surface area contributed by atoms with Crippen LogP contribution in [0.3, 0.4) is 0 Å². The molecule has 208 valence electrons. The highest BCUT2D eigenvalue weighted by atomic mass is 35.5. The van der Waals surface area contributed by atoms with Crippen LogP contribution >= 0.6 is 34.5 Å². The van der Waals surface area contributed by atoms with Crippen molar-refractivity contribution in [3.63, 3.8) is 0 Å². The largest absolute Gasteiger partial charge is 0.459 e. The van der Waals surface area contributed by atoms with Crippen molar-refractivity contribution in [3.05, 3.63) is 80.1 Å². The zero-order chi connectivity index (χ0) is 29.1. The molecule has 7 nitrogen and oxygen atoms in total. The summed E-state index contributed by atoms with van der Waals surface area (Å²) in [7, 11) is 0. The summed E-state index contributed by atoms with van der Waals surface area (Å²) in [6.07, 6.45) is -0.379. The van der Waals surface area contributed by atoms with E-state index in [9.17, 15) is 14.4 Å². The molecule has 0 bridgehead atoms. The van der Waals surface area contributed by atoms with Crippen molar-refractivity contribution in [1.82, 2.24) is 9.88 Å². The molecule has 40 heavy (non-hydrogen) atoms. The number of pyridine rings is 1. The molecule has 2 heterocycles. The van der Waals surface area contributed by atoms with Crippen molar-refractivity contribution < 1.29 is 19.1 Å². The summed E-state index contributed by atoms with van der Waals surface area (Å²) in [5.41, 5.74) is 2.81. The van der Waals surface area contributed by atoms with Crippen LogP contribution in [0.5, 0.6) is 0 Å². The number of benzene rings is 2. The number of hydrogen-bond donors (Lipinski definition) is 1. The van der Waals surface area contributed by atoms with Crippen LogP contribution in [-0.2, 0) is 4.74 Å². The number of nitrogens with one attached hydrogen (secondary N) is 1. The van der Waals surface area contributed by atoms with Gasteiger partial charge in [0.05, 0.1) is 43.4 Å². The van der Waals surface area contributed by atoms with Gasteiger partial charge in [0.1, 0.15) is 5.00 Å². The first-order valence-corrected chi connectivity index (χ1v) is 14.4. The third kappa shape index (κ3) is 5.99. The van der Waals surface area contributed by atoms with Gasteiger partial charge in [-0.25, -0.2) is 9.78 Å². The van der Waals surface area contributed by atoms with E-state index in [-0.39, 0.29) is 22.6 Å². The van der Waals surface area contributed by atoms with Gasteiger partial charge < -0.3 is 15.0 Å². The standard InChI is InChI=1S/C30H29Cl2N3O4S/c1-6-35(7-2)29(37)26-17(5)25(30(38)39-16(3)4)28(40-26)34-27(36)20-15-24(18-12-13-21(31)22(32)14-18)33-23-11-9-8-10-19(20)23/h8-16H,6-7H2,1-5H3,(H,34,36). The lowest BCUT2D eigenvalue weighted by atomic mass is 10.0. The molecule has 0 aliphatic rings. The van der Waals surface area contributed by atoms with Gasteiger partial charge in [-0.2, -0.15) is 0 Å². The number of rotatable bonds is 8. The molecule has 0 unspecified atom stereocenters. The highest BCUT2D eigenvalue weighted by Gasteiger charge is 2.29.